The van der Waals surface area contributed by atoms with Gasteiger partial charge in [-0.2, -0.15) is 0 Å². The summed E-state index contributed by atoms with van der Waals surface area (Å²) in [6.45, 7) is 6.19. The highest BCUT2D eigenvalue weighted by Crippen LogP contribution is 2.22. The van der Waals surface area contributed by atoms with E-state index in [-0.39, 0.29) is 5.91 Å². The number of carbonyl (C=O) groups is 1. The average molecular weight is 430 g/mol. The second kappa shape index (κ2) is 10.9. The van der Waals surface area contributed by atoms with Crippen LogP contribution in [0.1, 0.15) is 41.6 Å². The van der Waals surface area contributed by atoms with Crippen LogP contribution in [0.4, 0.5) is 11.5 Å². The Balaban J connectivity index is 1.33. The van der Waals surface area contributed by atoms with Crippen LogP contribution in [0, 0.1) is 6.92 Å². The normalized spacial score (nSPS) is 14.2. The van der Waals surface area contributed by atoms with Crippen LogP contribution >= 0.6 is 0 Å². The average Bonchev–Trinajstić information content (AvgIpc) is 2.83. The number of carbonyl (C=O) groups excluding carboxylic acids is 1. The van der Waals surface area contributed by atoms with Crippen LogP contribution in [0.15, 0.2) is 60.9 Å². The number of piperidine rings is 1. The summed E-state index contributed by atoms with van der Waals surface area (Å²) in [6, 6.07) is 17.6. The summed E-state index contributed by atoms with van der Waals surface area (Å²) >= 11 is 0. The van der Waals surface area contributed by atoms with Gasteiger partial charge in [0.15, 0.2) is 0 Å². The van der Waals surface area contributed by atoms with Gasteiger partial charge in [-0.1, -0.05) is 36.2 Å². The molecule has 2 N–H and O–H groups in total. The number of rotatable bonds is 8. The lowest BCUT2D eigenvalue weighted by molar-refractivity contribution is 0.0951. The first-order chi connectivity index (χ1) is 15.7. The molecule has 1 fully saturated rings. The van der Waals surface area contributed by atoms with Crippen LogP contribution in [0.2, 0.25) is 0 Å². The van der Waals surface area contributed by atoms with Crippen LogP contribution in [0.5, 0.6) is 0 Å². The van der Waals surface area contributed by atoms with Gasteiger partial charge in [-0.3, -0.25) is 4.79 Å². The fraction of sp³-hybridized carbons (Fsp3) is 0.346. The van der Waals surface area contributed by atoms with E-state index in [0.717, 1.165) is 29.9 Å². The Hall–Kier alpha value is -3.25. The lowest BCUT2D eigenvalue weighted by atomic mass is 10.1. The van der Waals surface area contributed by atoms with Crippen molar-refractivity contribution < 1.29 is 4.79 Å². The number of aromatic nitrogens is 2. The maximum absolute atomic E-state index is 12.6. The van der Waals surface area contributed by atoms with Gasteiger partial charge in [0, 0.05) is 29.4 Å². The molecule has 0 unspecified atom stereocenters. The minimum Gasteiger partial charge on any atom is -0.352 e. The van der Waals surface area contributed by atoms with Gasteiger partial charge in [-0.05, 0) is 70.1 Å². The van der Waals surface area contributed by atoms with Crippen molar-refractivity contribution >= 4 is 17.4 Å². The molecule has 0 bridgehead atoms. The monoisotopic (exact) mass is 429 g/mol. The van der Waals surface area contributed by atoms with Crippen LogP contribution in [0.3, 0.4) is 0 Å². The molecule has 166 valence electrons. The van der Waals surface area contributed by atoms with E-state index in [9.17, 15) is 4.79 Å². The number of nitrogens with one attached hydrogen (secondary N) is 2. The quantitative estimate of drug-likeness (QED) is 0.503. The predicted molar refractivity (Wildman–Crippen MR) is 129 cm³/mol. The Kier molecular flexibility index (Phi) is 7.46. The molecule has 0 radical (unpaired) electrons. The maximum atomic E-state index is 12.6. The van der Waals surface area contributed by atoms with E-state index in [1.54, 1.807) is 6.33 Å². The molecular weight excluding hydrogens is 398 g/mol. The first-order valence-corrected chi connectivity index (χ1v) is 11.4. The van der Waals surface area contributed by atoms with E-state index in [0.29, 0.717) is 17.9 Å². The number of nitrogens with zero attached hydrogens (tertiary/aromatic N) is 3. The Morgan fingerprint density at radius 3 is 2.69 bits per heavy atom. The standard InChI is InChI=1S/C26H31N5O/c1-20-8-5-9-21(16-20)24-18-25(29-19-28-24)30-23-11-6-10-22(17-23)26(32)27-12-7-15-31-13-3-2-4-14-31/h5-6,8-11,16-19H,2-4,7,12-15H2,1H3,(H,27,32)(H,28,29,30). The zero-order valence-electron chi connectivity index (χ0n) is 18.7. The number of hydrogen-bond donors (Lipinski definition) is 2. The summed E-state index contributed by atoms with van der Waals surface area (Å²) in [5.74, 6) is 0.644. The SMILES string of the molecule is Cc1cccc(-c2cc(Nc3cccc(C(=O)NCCCN4CCCCC4)c3)ncn2)c1. The number of anilines is 2. The van der Waals surface area contributed by atoms with Crippen molar-refractivity contribution in [3.8, 4) is 11.3 Å². The molecule has 1 aromatic heterocycles. The van der Waals surface area contributed by atoms with Crippen molar-refractivity contribution in [2.45, 2.75) is 32.6 Å². The Morgan fingerprint density at radius 1 is 1.00 bits per heavy atom. The highest BCUT2D eigenvalue weighted by Gasteiger charge is 2.10. The van der Waals surface area contributed by atoms with E-state index >= 15 is 0 Å². The molecule has 2 heterocycles. The molecular formula is C26H31N5O. The van der Waals surface area contributed by atoms with Crippen LogP contribution in [-0.2, 0) is 0 Å². The number of hydrogen-bond acceptors (Lipinski definition) is 5. The molecule has 6 heteroatoms. The molecule has 4 rings (SSSR count). The Labute approximate surface area is 190 Å². The number of likely N-dealkylation sites (tertiary alicyclic amines) is 1. The largest absolute Gasteiger partial charge is 0.352 e. The van der Waals surface area contributed by atoms with Gasteiger partial charge < -0.3 is 15.5 Å². The number of amides is 1. The molecule has 0 saturated carbocycles. The first kappa shape index (κ1) is 22.0. The zero-order chi connectivity index (χ0) is 22.2. The van der Waals surface area contributed by atoms with E-state index in [4.69, 9.17) is 0 Å². The molecule has 1 saturated heterocycles. The van der Waals surface area contributed by atoms with Gasteiger partial charge in [-0.25, -0.2) is 9.97 Å². The van der Waals surface area contributed by atoms with Crippen molar-refractivity contribution in [3.05, 3.63) is 72.1 Å². The predicted octanol–water partition coefficient (Wildman–Crippen LogP) is 4.80. The van der Waals surface area contributed by atoms with Crippen LogP contribution in [0.25, 0.3) is 11.3 Å². The lowest BCUT2D eigenvalue weighted by Gasteiger charge is -2.26. The third-order valence-electron chi connectivity index (χ3n) is 5.76. The fourth-order valence-electron chi connectivity index (χ4n) is 4.06. The van der Waals surface area contributed by atoms with E-state index in [1.807, 2.05) is 42.5 Å². The molecule has 0 spiro atoms. The molecule has 2 aromatic carbocycles. The highest BCUT2D eigenvalue weighted by atomic mass is 16.1. The van der Waals surface area contributed by atoms with Gasteiger partial charge in [0.05, 0.1) is 5.69 Å². The first-order valence-electron chi connectivity index (χ1n) is 11.4. The molecule has 0 aliphatic carbocycles. The molecule has 1 aliphatic heterocycles. The van der Waals surface area contributed by atoms with E-state index < -0.39 is 0 Å². The van der Waals surface area contributed by atoms with Gasteiger partial charge in [0.1, 0.15) is 12.1 Å². The van der Waals surface area contributed by atoms with Crippen LogP contribution in [-0.4, -0.2) is 47.0 Å². The van der Waals surface area contributed by atoms with Crippen molar-refractivity contribution in [3.63, 3.8) is 0 Å². The Bertz CT molecular complexity index is 1050. The van der Waals surface area contributed by atoms with Crippen LogP contribution < -0.4 is 10.6 Å². The summed E-state index contributed by atoms with van der Waals surface area (Å²) in [6.07, 6.45) is 6.47. The third kappa shape index (κ3) is 6.14. The maximum Gasteiger partial charge on any atom is 0.251 e. The van der Waals surface area contributed by atoms with Gasteiger partial charge in [0.2, 0.25) is 0 Å². The van der Waals surface area contributed by atoms with Gasteiger partial charge in [0.25, 0.3) is 5.91 Å². The summed E-state index contributed by atoms with van der Waals surface area (Å²) in [5, 5.41) is 6.34. The summed E-state index contributed by atoms with van der Waals surface area (Å²) in [7, 11) is 0. The summed E-state index contributed by atoms with van der Waals surface area (Å²) in [5.41, 5.74) is 4.55. The molecule has 32 heavy (non-hydrogen) atoms. The number of aryl methyl sites for hydroxylation is 1. The highest BCUT2D eigenvalue weighted by molar-refractivity contribution is 5.95. The lowest BCUT2D eigenvalue weighted by Crippen LogP contribution is -2.33. The van der Waals surface area contributed by atoms with E-state index in [1.165, 1.54) is 37.9 Å². The van der Waals surface area contributed by atoms with Gasteiger partial charge in [-0.15, -0.1) is 0 Å². The molecule has 6 nitrogen and oxygen atoms in total. The second-order valence-electron chi connectivity index (χ2n) is 8.38. The number of benzene rings is 2. The van der Waals surface area contributed by atoms with Crippen molar-refractivity contribution in [2.75, 3.05) is 31.5 Å². The summed E-state index contributed by atoms with van der Waals surface area (Å²) in [4.78, 5) is 23.8. The summed E-state index contributed by atoms with van der Waals surface area (Å²) < 4.78 is 0. The third-order valence-corrected chi connectivity index (χ3v) is 5.76. The molecule has 3 aromatic rings. The Morgan fingerprint density at radius 2 is 1.84 bits per heavy atom. The zero-order valence-corrected chi connectivity index (χ0v) is 18.7. The molecule has 0 atom stereocenters. The second-order valence-corrected chi connectivity index (χ2v) is 8.38. The van der Waals surface area contributed by atoms with Crippen molar-refractivity contribution in [1.82, 2.24) is 20.2 Å². The van der Waals surface area contributed by atoms with Gasteiger partial charge >= 0.3 is 0 Å². The molecule has 1 aliphatic rings. The fourth-order valence-corrected chi connectivity index (χ4v) is 4.06. The molecule has 1 amide bonds. The minimum absolute atomic E-state index is 0.0459. The van der Waals surface area contributed by atoms with E-state index in [2.05, 4.69) is 44.6 Å². The smallest absolute Gasteiger partial charge is 0.251 e. The van der Waals surface area contributed by atoms with Crippen molar-refractivity contribution in [1.29, 1.82) is 0 Å². The topological polar surface area (TPSA) is 70.2 Å². The minimum atomic E-state index is -0.0459. The van der Waals surface area contributed by atoms with Crippen molar-refractivity contribution in [2.24, 2.45) is 0 Å².